The van der Waals surface area contributed by atoms with Gasteiger partial charge in [-0.3, -0.25) is 0 Å². The maximum atomic E-state index is 10.3. The predicted octanol–water partition coefficient (Wildman–Crippen LogP) is 3.93. The number of aliphatic carboxylic acids is 1. The third kappa shape index (κ3) is 10.9. The molecular weight excluding hydrogens is 188 g/mol. The molecule has 0 bridgehead atoms. The minimum Gasteiger partial charge on any atom is -0.478 e. The first-order valence-corrected chi connectivity index (χ1v) is 5.68. The van der Waals surface area contributed by atoms with E-state index < -0.39 is 5.97 Å². The molecule has 0 unspecified atom stereocenters. The van der Waals surface area contributed by atoms with E-state index in [-0.39, 0.29) is 0 Å². The van der Waals surface area contributed by atoms with Crippen molar-refractivity contribution in [1.29, 1.82) is 0 Å². The number of hydrogen-bond donors (Lipinski definition) is 1. The van der Waals surface area contributed by atoms with Crippen LogP contribution < -0.4 is 0 Å². The van der Waals surface area contributed by atoms with Gasteiger partial charge in [0, 0.05) is 6.08 Å². The zero-order valence-corrected chi connectivity index (χ0v) is 9.67. The van der Waals surface area contributed by atoms with Gasteiger partial charge in [0.15, 0.2) is 0 Å². The van der Waals surface area contributed by atoms with Gasteiger partial charge in [-0.25, -0.2) is 4.79 Å². The molecule has 0 rings (SSSR count). The van der Waals surface area contributed by atoms with Crippen molar-refractivity contribution in [3.8, 4) is 0 Å². The molecule has 0 aliphatic rings. The highest BCUT2D eigenvalue weighted by atomic mass is 16.4. The van der Waals surface area contributed by atoms with Crippen LogP contribution in [0.25, 0.3) is 0 Å². The summed E-state index contributed by atoms with van der Waals surface area (Å²) in [5, 5.41) is 8.50. The summed E-state index contributed by atoms with van der Waals surface area (Å²) in [6, 6.07) is 0. The summed E-state index contributed by atoms with van der Waals surface area (Å²) in [6.45, 7) is 5.56. The number of allylic oxidation sites excluding steroid dienone is 2. The predicted molar refractivity (Wildman–Crippen MR) is 63.9 cm³/mol. The van der Waals surface area contributed by atoms with Crippen molar-refractivity contribution in [3.05, 3.63) is 24.3 Å². The van der Waals surface area contributed by atoms with E-state index in [0.29, 0.717) is 0 Å². The van der Waals surface area contributed by atoms with Crippen molar-refractivity contribution in [2.75, 3.05) is 0 Å². The van der Waals surface area contributed by atoms with E-state index in [2.05, 4.69) is 6.58 Å². The number of carboxylic acids is 1. The Balaban J connectivity index is 3.31. The smallest absolute Gasteiger partial charge is 0.328 e. The van der Waals surface area contributed by atoms with Gasteiger partial charge in [-0.05, 0) is 32.6 Å². The average Bonchev–Trinajstić information content (AvgIpc) is 2.15. The molecule has 0 fully saturated rings. The van der Waals surface area contributed by atoms with E-state index in [1.165, 1.54) is 31.8 Å². The van der Waals surface area contributed by atoms with Crippen LogP contribution in [0.2, 0.25) is 0 Å². The monoisotopic (exact) mass is 210 g/mol. The van der Waals surface area contributed by atoms with E-state index in [0.717, 1.165) is 24.8 Å². The van der Waals surface area contributed by atoms with Gasteiger partial charge in [-0.2, -0.15) is 0 Å². The molecule has 15 heavy (non-hydrogen) atoms. The second-order valence-electron chi connectivity index (χ2n) is 3.92. The van der Waals surface area contributed by atoms with Crippen LogP contribution in [0.3, 0.4) is 0 Å². The second-order valence-corrected chi connectivity index (χ2v) is 3.92. The number of hydrogen-bond acceptors (Lipinski definition) is 1. The molecule has 0 saturated carbocycles. The first-order valence-electron chi connectivity index (χ1n) is 5.68. The fourth-order valence-corrected chi connectivity index (χ4v) is 1.51. The van der Waals surface area contributed by atoms with Crippen molar-refractivity contribution in [2.45, 2.75) is 51.9 Å². The van der Waals surface area contributed by atoms with Gasteiger partial charge < -0.3 is 5.11 Å². The van der Waals surface area contributed by atoms with Gasteiger partial charge >= 0.3 is 5.97 Å². The minimum absolute atomic E-state index is 0.835. The summed E-state index contributed by atoms with van der Waals surface area (Å²) in [7, 11) is 0. The lowest BCUT2D eigenvalue weighted by molar-refractivity contribution is -0.131. The van der Waals surface area contributed by atoms with Crippen LogP contribution in [-0.2, 0) is 4.79 Å². The van der Waals surface area contributed by atoms with Gasteiger partial charge in [-0.1, -0.05) is 30.9 Å². The molecule has 0 amide bonds. The highest BCUT2D eigenvalue weighted by Crippen LogP contribution is 2.11. The first kappa shape index (κ1) is 13.9. The normalized spacial score (nSPS) is 11.4. The molecule has 2 heteroatoms. The molecule has 2 nitrogen and oxygen atoms in total. The van der Waals surface area contributed by atoms with Gasteiger partial charge in [0.2, 0.25) is 0 Å². The lowest BCUT2D eigenvalue weighted by atomic mass is 10.1. The van der Waals surface area contributed by atoms with Crippen molar-refractivity contribution in [2.24, 2.45) is 0 Å². The molecule has 0 aliphatic carbocycles. The standard InChI is InChI=1S/C13H22O2/c1-3-4-5-6-7-8-9-10-12(2)11-13(14)15/h3,11H,1,4-10H2,2H3,(H,14,15)/b12-11+. The molecule has 0 atom stereocenters. The zero-order valence-electron chi connectivity index (χ0n) is 9.67. The molecule has 0 aromatic rings. The van der Waals surface area contributed by atoms with Crippen LogP contribution in [0.15, 0.2) is 24.3 Å². The second kappa shape index (κ2) is 9.50. The number of carboxylic acid groups (broad SMARTS) is 1. The molecule has 0 aromatic heterocycles. The number of carbonyl (C=O) groups is 1. The van der Waals surface area contributed by atoms with E-state index in [1.54, 1.807) is 0 Å². The highest BCUT2D eigenvalue weighted by molar-refractivity contribution is 5.80. The van der Waals surface area contributed by atoms with Crippen LogP contribution in [0.5, 0.6) is 0 Å². The van der Waals surface area contributed by atoms with E-state index >= 15 is 0 Å². The van der Waals surface area contributed by atoms with Crippen LogP contribution >= 0.6 is 0 Å². The lowest BCUT2D eigenvalue weighted by Crippen LogP contribution is -1.90. The zero-order chi connectivity index (χ0) is 11.5. The molecule has 1 N–H and O–H groups in total. The molecule has 0 aliphatic heterocycles. The molecule has 0 spiro atoms. The van der Waals surface area contributed by atoms with Crippen molar-refractivity contribution in [1.82, 2.24) is 0 Å². The summed E-state index contributed by atoms with van der Waals surface area (Å²) < 4.78 is 0. The maximum absolute atomic E-state index is 10.3. The Kier molecular flexibility index (Phi) is 8.84. The quantitative estimate of drug-likeness (QED) is 0.355. The van der Waals surface area contributed by atoms with Crippen molar-refractivity contribution >= 4 is 5.97 Å². The van der Waals surface area contributed by atoms with Crippen molar-refractivity contribution < 1.29 is 9.90 Å². The van der Waals surface area contributed by atoms with Crippen LogP contribution in [0.4, 0.5) is 0 Å². The Bertz CT molecular complexity index is 217. The topological polar surface area (TPSA) is 37.3 Å². The fourth-order valence-electron chi connectivity index (χ4n) is 1.51. The summed E-state index contributed by atoms with van der Waals surface area (Å²) in [5.74, 6) is -0.835. The first-order chi connectivity index (χ1) is 7.16. The maximum Gasteiger partial charge on any atom is 0.328 e. The highest BCUT2D eigenvalue weighted by Gasteiger charge is 1.95. The summed E-state index contributed by atoms with van der Waals surface area (Å²) in [5.41, 5.74) is 0.966. The minimum atomic E-state index is -0.835. The van der Waals surface area contributed by atoms with Gasteiger partial charge in [0.05, 0.1) is 0 Å². The summed E-state index contributed by atoms with van der Waals surface area (Å²) in [6.07, 6.45) is 11.3. The van der Waals surface area contributed by atoms with Gasteiger partial charge in [0.25, 0.3) is 0 Å². The Labute approximate surface area is 92.7 Å². The SMILES string of the molecule is C=CCCCCCCC/C(C)=C/C(=O)O. The average molecular weight is 210 g/mol. The van der Waals surface area contributed by atoms with Gasteiger partial charge in [0.1, 0.15) is 0 Å². The Morgan fingerprint density at radius 3 is 2.40 bits per heavy atom. The van der Waals surface area contributed by atoms with E-state index in [4.69, 9.17) is 5.11 Å². The van der Waals surface area contributed by atoms with Gasteiger partial charge in [-0.15, -0.1) is 6.58 Å². The summed E-state index contributed by atoms with van der Waals surface area (Å²) >= 11 is 0. The van der Waals surface area contributed by atoms with Crippen LogP contribution in [-0.4, -0.2) is 11.1 Å². The number of rotatable bonds is 9. The molecule has 0 aromatic carbocycles. The Hall–Kier alpha value is -1.05. The third-order valence-corrected chi connectivity index (χ3v) is 2.35. The Morgan fingerprint density at radius 2 is 1.80 bits per heavy atom. The Morgan fingerprint density at radius 1 is 1.20 bits per heavy atom. The van der Waals surface area contributed by atoms with Crippen molar-refractivity contribution in [3.63, 3.8) is 0 Å². The largest absolute Gasteiger partial charge is 0.478 e. The van der Waals surface area contributed by atoms with E-state index in [1.807, 2.05) is 13.0 Å². The van der Waals surface area contributed by atoms with Crippen LogP contribution in [0, 0.1) is 0 Å². The summed E-state index contributed by atoms with van der Waals surface area (Å²) in [4.78, 5) is 10.3. The molecule has 86 valence electrons. The third-order valence-electron chi connectivity index (χ3n) is 2.35. The van der Waals surface area contributed by atoms with Crippen LogP contribution in [0.1, 0.15) is 51.9 Å². The molecule has 0 radical (unpaired) electrons. The number of unbranched alkanes of at least 4 members (excludes halogenated alkanes) is 5. The molecule has 0 saturated heterocycles. The molecule has 0 heterocycles. The molecular formula is C13H22O2. The van der Waals surface area contributed by atoms with E-state index in [9.17, 15) is 4.79 Å². The fraction of sp³-hybridized carbons (Fsp3) is 0.615. The lowest BCUT2D eigenvalue weighted by Gasteiger charge is -2.01.